The van der Waals surface area contributed by atoms with E-state index in [0.717, 1.165) is 50.4 Å². The molecule has 1 saturated heterocycles. The monoisotopic (exact) mass is 478 g/mol. The van der Waals surface area contributed by atoms with Crippen molar-refractivity contribution in [1.82, 2.24) is 9.72 Å². The SMILES string of the molecule is COc1ccc2c(c1)c(Cc1cc(C[N+]3(C)CCCC3)no1)c(C)n2C(=O)c1ccc(Cl)cc1. The quantitative estimate of drug-likeness (QED) is 0.337. The molecule has 34 heavy (non-hydrogen) atoms. The van der Waals surface area contributed by atoms with Crippen molar-refractivity contribution < 1.29 is 18.5 Å². The number of likely N-dealkylation sites (tertiary alicyclic amines) is 1. The van der Waals surface area contributed by atoms with Gasteiger partial charge in [-0.05, 0) is 55.0 Å². The van der Waals surface area contributed by atoms with E-state index >= 15 is 0 Å². The van der Waals surface area contributed by atoms with Crippen LogP contribution in [-0.2, 0) is 13.0 Å². The highest BCUT2D eigenvalue weighted by Crippen LogP contribution is 2.32. The molecule has 1 fully saturated rings. The maximum absolute atomic E-state index is 13.5. The largest absolute Gasteiger partial charge is 0.497 e. The Kier molecular flexibility index (Phi) is 5.96. The summed E-state index contributed by atoms with van der Waals surface area (Å²) in [7, 11) is 3.93. The number of hydrogen-bond acceptors (Lipinski definition) is 4. The average Bonchev–Trinajstić information content (AvgIpc) is 3.52. The van der Waals surface area contributed by atoms with Crippen molar-refractivity contribution >= 4 is 28.4 Å². The first kappa shape index (κ1) is 22.7. The molecule has 0 atom stereocenters. The highest BCUT2D eigenvalue weighted by Gasteiger charge is 2.29. The number of fused-ring (bicyclic) bond motifs is 1. The number of carbonyl (C=O) groups excluding carboxylic acids is 1. The van der Waals surface area contributed by atoms with Gasteiger partial charge in [0.1, 0.15) is 23.7 Å². The second-order valence-electron chi connectivity index (χ2n) is 9.49. The van der Waals surface area contributed by atoms with Gasteiger partial charge < -0.3 is 13.7 Å². The molecule has 0 spiro atoms. The fraction of sp³-hybridized carbons (Fsp3) is 0.333. The van der Waals surface area contributed by atoms with E-state index in [1.165, 1.54) is 25.9 Å². The Bertz CT molecular complexity index is 1350. The fourth-order valence-corrected chi connectivity index (χ4v) is 5.26. The zero-order valence-electron chi connectivity index (χ0n) is 19.8. The molecule has 0 N–H and O–H groups in total. The standard InChI is InChI=1S/C27H29ClN3O3/c1-18-24(16-23-14-21(29-34-23)17-31(2)12-4-5-13-31)25-15-22(33-3)10-11-26(25)30(18)27(32)19-6-8-20(28)9-7-19/h6-11,14-15H,4-5,12-13,16-17H2,1-3H3/q+1. The van der Waals surface area contributed by atoms with Crippen molar-refractivity contribution in [3.8, 4) is 5.75 Å². The lowest BCUT2D eigenvalue weighted by molar-refractivity contribution is -0.911. The van der Waals surface area contributed by atoms with Gasteiger partial charge in [-0.2, -0.15) is 0 Å². The van der Waals surface area contributed by atoms with Crippen molar-refractivity contribution in [1.29, 1.82) is 0 Å². The molecule has 5 rings (SSSR count). The van der Waals surface area contributed by atoms with Crippen LogP contribution in [0.5, 0.6) is 5.75 Å². The van der Waals surface area contributed by atoms with Crippen LogP contribution in [0.4, 0.5) is 0 Å². The second kappa shape index (κ2) is 8.93. The molecule has 1 aliphatic heterocycles. The van der Waals surface area contributed by atoms with E-state index in [2.05, 4.69) is 18.3 Å². The molecule has 1 aliphatic rings. The molecule has 0 amide bonds. The van der Waals surface area contributed by atoms with Crippen molar-refractivity contribution in [3.63, 3.8) is 0 Å². The Balaban J connectivity index is 1.52. The number of aromatic nitrogens is 2. The molecule has 4 aromatic rings. The molecule has 0 unspecified atom stereocenters. The van der Waals surface area contributed by atoms with Gasteiger partial charge in [0.15, 0.2) is 0 Å². The molecule has 7 heteroatoms. The van der Waals surface area contributed by atoms with E-state index in [1.54, 1.807) is 35.9 Å². The Hall–Kier alpha value is -3.09. The van der Waals surface area contributed by atoms with Gasteiger partial charge >= 0.3 is 0 Å². The molecule has 3 heterocycles. The smallest absolute Gasteiger partial charge is 0.262 e. The first-order chi connectivity index (χ1) is 16.4. The minimum absolute atomic E-state index is 0.0969. The Morgan fingerprint density at radius 1 is 1.15 bits per heavy atom. The van der Waals surface area contributed by atoms with Crippen molar-refractivity contribution in [3.05, 3.63) is 81.8 Å². The first-order valence-electron chi connectivity index (χ1n) is 11.6. The summed E-state index contributed by atoms with van der Waals surface area (Å²) in [5.41, 5.74) is 4.30. The number of halogens is 1. The molecule has 2 aromatic carbocycles. The van der Waals surface area contributed by atoms with E-state index in [9.17, 15) is 4.79 Å². The second-order valence-corrected chi connectivity index (χ2v) is 9.92. The summed E-state index contributed by atoms with van der Waals surface area (Å²) >= 11 is 6.03. The molecule has 0 radical (unpaired) electrons. The van der Waals surface area contributed by atoms with Crippen LogP contribution >= 0.6 is 11.6 Å². The van der Waals surface area contributed by atoms with E-state index in [4.69, 9.17) is 20.9 Å². The summed E-state index contributed by atoms with van der Waals surface area (Å²) in [4.78, 5) is 13.5. The number of ether oxygens (including phenoxy) is 1. The van der Waals surface area contributed by atoms with Gasteiger partial charge in [0.05, 0.1) is 32.8 Å². The molecule has 6 nitrogen and oxygen atoms in total. The normalized spacial score (nSPS) is 15.2. The number of methoxy groups -OCH3 is 1. The minimum atomic E-state index is -0.0969. The predicted molar refractivity (Wildman–Crippen MR) is 133 cm³/mol. The van der Waals surface area contributed by atoms with Crippen LogP contribution in [0, 0.1) is 6.92 Å². The Labute approximate surface area is 204 Å². The summed E-state index contributed by atoms with van der Waals surface area (Å²) < 4.78 is 14.0. The molecule has 176 valence electrons. The highest BCUT2D eigenvalue weighted by atomic mass is 35.5. The molecular weight excluding hydrogens is 450 g/mol. The average molecular weight is 479 g/mol. The topological polar surface area (TPSA) is 57.3 Å². The lowest BCUT2D eigenvalue weighted by Crippen LogP contribution is -2.39. The fourth-order valence-electron chi connectivity index (χ4n) is 5.13. The number of nitrogens with zero attached hydrogens (tertiary/aromatic N) is 3. The number of hydrogen-bond donors (Lipinski definition) is 0. The Morgan fingerprint density at radius 2 is 1.88 bits per heavy atom. The van der Waals surface area contributed by atoms with E-state index in [1.807, 2.05) is 25.1 Å². The lowest BCUT2D eigenvalue weighted by atomic mass is 10.1. The van der Waals surface area contributed by atoms with Gasteiger partial charge in [-0.3, -0.25) is 9.36 Å². The number of quaternary nitrogens is 1. The summed E-state index contributed by atoms with van der Waals surface area (Å²) in [5.74, 6) is 1.44. The van der Waals surface area contributed by atoms with Crippen LogP contribution < -0.4 is 4.74 Å². The number of benzene rings is 2. The first-order valence-corrected chi connectivity index (χ1v) is 12.0. The molecule has 0 bridgehead atoms. The van der Waals surface area contributed by atoms with Crippen LogP contribution in [-0.4, -0.2) is 47.4 Å². The summed E-state index contributed by atoms with van der Waals surface area (Å²) in [6.07, 6.45) is 3.08. The van der Waals surface area contributed by atoms with E-state index in [-0.39, 0.29) is 5.91 Å². The van der Waals surface area contributed by atoms with Crippen LogP contribution in [0.1, 0.15) is 45.9 Å². The third-order valence-electron chi connectivity index (χ3n) is 6.98. The maximum atomic E-state index is 13.5. The summed E-state index contributed by atoms with van der Waals surface area (Å²) in [6, 6.07) is 14.8. The van der Waals surface area contributed by atoms with Crippen molar-refractivity contribution in [2.24, 2.45) is 0 Å². The Morgan fingerprint density at radius 3 is 2.59 bits per heavy atom. The zero-order chi connectivity index (χ0) is 23.9. The molecule has 0 aliphatic carbocycles. The van der Waals surface area contributed by atoms with Crippen LogP contribution in [0.3, 0.4) is 0 Å². The van der Waals surface area contributed by atoms with Gasteiger partial charge in [-0.1, -0.05) is 16.8 Å². The third kappa shape index (κ3) is 4.24. The zero-order valence-corrected chi connectivity index (χ0v) is 20.6. The predicted octanol–water partition coefficient (Wildman–Crippen LogP) is 5.62. The van der Waals surface area contributed by atoms with Crippen LogP contribution in [0.2, 0.25) is 5.02 Å². The lowest BCUT2D eigenvalue weighted by Gasteiger charge is -2.27. The van der Waals surface area contributed by atoms with Gasteiger partial charge in [-0.15, -0.1) is 0 Å². The van der Waals surface area contributed by atoms with Gasteiger partial charge in [0, 0.05) is 47.0 Å². The number of rotatable bonds is 6. The summed E-state index contributed by atoms with van der Waals surface area (Å²) in [6.45, 7) is 5.22. The van der Waals surface area contributed by atoms with Crippen molar-refractivity contribution in [2.75, 3.05) is 27.2 Å². The molecule has 2 aromatic heterocycles. The maximum Gasteiger partial charge on any atom is 0.262 e. The van der Waals surface area contributed by atoms with Gasteiger partial charge in [0.25, 0.3) is 5.91 Å². The van der Waals surface area contributed by atoms with E-state index in [0.29, 0.717) is 17.0 Å². The minimum Gasteiger partial charge on any atom is -0.497 e. The molecular formula is C27H29ClN3O3+. The van der Waals surface area contributed by atoms with Crippen LogP contribution in [0.15, 0.2) is 53.1 Å². The van der Waals surface area contributed by atoms with E-state index < -0.39 is 0 Å². The molecule has 0 saturated carbocycles. The summed E-state index contributed by atoms with van der Waals surface area (Å²) in [5, 5.41) is 5.93. The highest BCUT2D eigenvalue weighted by molar-refractivity contribution is 6.30. The number of carbonyl (C=O) groups is 1. The van der Waals surface area contributed by atoms with Gasteiger partial charge in [0.2, 0.25) is 0 Å². The van der Waals surface area contributed by atoms with Gasteiger partial charge in [-0.25, -0.2) is 0 Å². The third-order valence-corrected chi connectivity index (χ3v) is 7.24. The van der Waals surface area contributed by atoms with Crippen molar-refractivity contribution in [2.45, 2.75) is 32.7 Å². The van der Waals surface area contributed by atoms with Crippen LogP contribution in [0.25, 0.3) is 10.9 Å².